The molecule has 0 amide bonds. The number of unbranched alkanes of at least 4 members (excludes halogenated alkanes) is 1. The van der Waals surface area contributed by atoms with E-state index in [1.54, 1.807) is 6.92 Å². The molecule has 1 aromatic heterocycles. The number of hydrogen-bond donors (Lipinski definition) is 1. The van der Waals surface area contributed by atoms with Crippen LogP contribution in [0.5, 0.6) is 0 Å². The third kappa shape index (κ3) is 2.34. The average Bonchev–Trinajstić information content (AvgIpc) is 2.62. The van der Waals surface area contributed by atoms with E-state index in [0.717, 1.165) is 17.5 Å². The molecule has 0 bridgehead atoms. The summed E-state index contributed by atoms with van der Waals surface area (Å²) in [4.78, 5) is 3.09. The number of hydrogen-bond acceptors (Lipinski definition) is 1. The molecule has 0 radical (unpaired) electrons. The summed E-state index contributed by atoms with van der Waals surface area (Å²) < 4.78 is 16.3. The number of benzene rings is 1. The topological polar surface area (TPSA) is 20.7 Å². The smallest absolute Gasteiger partial charge is 0.178 e. The van der Waals surface area contributed by atoms with E-state index in [0.29, 0.717) is 16.4 Å². The van der Waals surface area contributed by atoms with Crippen LogP contribution in [0.4, 0.5) is 4.39 Å². The van der Waals surface area contributed by atoms with Gasteiger partial charge in [-0.25, -0.2) is 4.39 Å². The van der Waals surface area contributed by atoms with Crippen LogP contribution in [0.15, 0.2) is 12.1 Å². The lowest BCUT2D eigenvalue weighted by atomic mass is 10.1. The first-order valence-corrected chi connectivity index (χ1v) is 6.85. The van der Waals surface area contributed by atoms with E-state index in [1.807, 2.05) is 6.07 Å². The predicted octanol–water partition coefficient (Wildman–Crippen LogP) is 4.90. The number of aromatic nitrogens is 2. The highest BCUT2D eigenvalue weighted by Crippen LogP contribution is 2.24. The van der Waals surface area contributed by atoms with Crippen LogP contribution < -0.4 is 0 Å². The molecule has 0 saturated carbocycles. The highest BCUT2D eigenvalue weighted by atomic mass is 32.1. The maximum atomic E-state index is 13.5. The van der Waals surface area contributed by atoms with Crippen molar-refractivity contribution in [2.75, 3.05) is 0 Å². The van der Waals surface area contributed by atoms with Crippen LogP contribution in [-0.4, -0.2) is 9.55 Å². The Morgan fingerprint density at radius 2 is 2.17 bits per heavy atom. The van der Waals surface area contributed by atoms with Crippen molar-refractivity contribution in [3.63, 3.8) is 0 Å². The van der Waals surface area contributed by atoms with Gasteiger partial charge in [0.15, 0.2) is 4.77 Å². The molecule has 98 valence electrons. The third-order valence-corrected chi connectivity index (χ3v) is 3.71. The maximum absolute atomic E-state index is 13.5. The molecule has 0 aliphatic rings. The standard InChI is InChI=1S/C14H19FN2S/c1-4-5-6-10(3)17-13-7-9(2)11(15)8-12(13)16-14(17)18/h7-8,10H,4-6H2,1-3H3,(H,16,18). The van der Waals surface area contributed by atoms with Crippen LogP contribution in [0.25, 0.3) is 11.0 Å². The SMILES string of the molecule is CCCCC(C)n1c(=S)[nH]c2cc(F)c(C)cc21. The number of fused-ring (bicyclic) bond motifs is 1. The Bertz CT molecular complexity index is 612. The van der Waals surface area contributed by atoms with Gasteiger partial charge in [-0.05, 0) is 50.2 Å². The number of H-pyrrole nitrogens is 1. The van der Waals surface area contributed by atoms with Crippen molar-refractivity contribution in [2.24, 2.45) is 0 Å². The maximum Gasteiger partial charge on any atom is 0.178 e. The van der Waals surface area contributed by atoms with E-state index in [-0.39, 0.29) is 5.82 Å². The number of aryl methyl sites for hydroxylation is 1. The number of rotatable bonds is 4. The molecule has 1 heterocycles. The van der Waals surface area contributed by atoms with Crippen LogP contribution in [0, 0.1) is 17.5 Å². The normalized spacial score (nSPS) is 13.1. The zero-order chi connectivity index (χ0) is 13.3. The van der Waals surface area contributed by atoms with Gasteiger partial charge in [-0.1, -0.05) is 19.8 Å². The van der Waals surface area contributed by atoms with Crippen molar-refractivity contribution in [3.05, 3.63) is 28.3 Å². The van der Waals surface area contributed by atoms with Crippen molar-refractivity contribution >= 4 is 23.3 Å². The number of halogens is 1. The van der Waals surface area contributed by atoms with Gasteiger partial charge in [-0.15, -0.1) is 0 Å². The lowest BCUT2D eigenvalue weighted by Gasteiger charge is -2.14. The molecule has 0 saturated heterocycles. The van der Waals surface area contributed by atoms with E-state index in [4.69, 9.17) is 12.2 Å². The first-order valence-electron chi connectivity index (χ1n) is 6.45. The number of nitrogens with zero attached hydrogens (tertiary/aromatic N) is 1. The van der Waals surface area contributed by atoms with Crippen molar-refractivity contribution in [2.45, 2.75) is 46.1 Å². The van der Waals surface area contributed by atoms with E-state index in [1.165, 1.54) is 18.9 Å². The van der Waals surface area contributed by atoms with Crippen LogP contribution in [0.2, 0.25) is 0 Å². The molecule has 2 rings (SSSR count). The summed E-state index contributed by atoms with van der Waals surface area (Å²) in [6.07, 6.45) is 3.44. The van der Waals surface area contributed by atoms with Gasteiger partial charge >= 0.3 is 0 Å². The first kappa shape index (κ1) is 13.3. The Hall–Kier alpha value is -1.16. The van der Waals surface area contributed by atoms with Crippen molar-refractivity contribution in [1.29, 1.82) is 0 Å². The minimum Gasteiger partial charge on any atom is -0.330 e. The zero-order valence-corrected chi connectivity index (χ0v) is 11.9. The second-order valence-electron chi connectivity index (χ2n) is 4.91. The van der Waals surface area contributed by atoms with Gasteiger partial charge in [-0.2, -0.15) is 0 Å². The Balaban J connectivity index is 2.53. The molecule has 1 unspecified atom stereocenters. The Morgan fingerprint density at radius 3 is 2.83 bits per heavy atom. The second-order valence-corrected chi connectivity index (χ2v) is 5.30. The zero-order valence-electron chi connectivity index (χ0n) is 11.1. The highest BCUT2D eigenvalue weighted by Gasteiger charge is 2.12. The molecule has 0 aliphatic carbocycles. The quantitative estimate of drug-likeness (QED) is 0.781. The largest absolute Gasteiger partial charge is 0.330 e. The van der Waals surface area contributed by atoms with E-state index >= 15 is 0 Å². The minimum atomic E-state index is -0.188. The van der Waals surface area contributed by atoms with Gasteiger partial charge in [0.05, 0.1) is 11.0 Å². The van der Waals surface area contributed by atoms with Crippen LogP contribution in [0.3, 0.4) is 0 Å². The average molecular weight is 266 g/mol. The van der Waals surface area contributed by atoms with E-state index < -0.39 is 0 Å². The number of nitrogens with one attached hydrogen (secondary N) is 1. The molecule has 1 atom stereocenters. The fourth-order valence-corrected chi connectivity index (χ4v) is 2.71. The molecule has 2 nitrogen and oxygen atoms in total. The third-order valence-electron chi connectivity index (χ3n) is 3.41. The molecule has 0 fully saturated rings. The molecule has 4 heteroatoms. The predicted molar refractivity (Wildman–Crippen MR) is 76.1 cm³/mol. The van der Waals surface area contributed by atoms with E-state index in [2.05, 4.69) is 23.4 Å². The molecule has 18 heavy (non-hydrogen) atoms. The minimum absolute atomic E-state index is 0.188. The molecule has 1 N–H and O–H groups in total. The molecule has 0 aliphatic heterocycles. The second kappa shape index (κ2) is 5.22. The summed E-state index contributed by atoms with van der Waals surface area (Å²) >= 11 is 5.35. The fraction of sp³-hybridized carbons (Fsp3) is 0.500. The van der Waals surface area contributed by atoms with Crippen LogP contribution in [0.1, 0.15) is 44.7 Å². The van der Waals surface area contributed by atoms with Crippen molar-refractivity contribution in [1.82, 2.24) is 9.55 Å². The summed E-state index contributed by atoms with van der Waals surface area (Å²) in [7, 11) is 0. The Labute approximate surface area is 112 Å². The summed E-state index contributed by atoms with van der Waals surface area (Å²) in [6.45, 7) is 6.13. The van der Waals surface area contributed by atoms with E-state index in [9.17, 15) is 4.39 Å². The lowest BCUT2D eigenvalue weighted by molar-refractivity contribution is 0.491. The van der Waals surface area contributed by atoms with Crippen LogP contribution >= 0.6 is 12.2 Å². The summed E-state index contributed by atoms with van der Waals surface area (Å²) in [5.74, 6) is -0.188. The summed E-state index contributed by atoms with van der Waals surface area (Å²) in [6, 6.07) is 3.75. The van der Waals surface area contributed by atoms with Gasteiger partial charge in [0, 0.05) is 6.04 Å². The van der Waals surface area contributed by atoms with Crippen LogP contribution in [-0.2, 0) is 0 Å². The van der Waals surface area contributed by atoms with Gasteiger partial charge in [0.2, 0.25) is 0 Å². The van der Waals surface area contributed by atoms with Gasteiger partial charge in [-0.3, -0.25) is 0 Å². The summed E-state index contributed by atoms with van der Waals surface area (Å²) in [5.41, 5.74) is 2.45. The van der Waals surface area contributed by atoms with Gasteiger partial charge in [0.1, 0.15) is 5.82 Å². The summed E-state index contributed by atoms with van der Waals surface area (Å²) in [5, 5.41) is 0. The molecule has 0 spiro atoms. The molecule has 2 aromatic rings. The Morgan fingerprint density at radius 1 is 1.44 bits per heavy atom. The molecular formula is C14H19FN2S. The fourth-order valence-electron chi connectivity index (χ4n) is 2.32. The van der Waals surface area contributed by atoms with Gasteiger partial charge < -0.3 is 9.55 Å². The number of aromatic amines is 1. The van der Waals surface area contributed by atoms with Crippen molar-refractivity contribution in [3.8, 4) is 0 Å². The first-order chi connectivity index (χ1) is 8.54. The number of imidazole rings is 1. The molecular weight excluding hydrogens is 247 g/mol. The monoisotopic (exact) mass is 266 g/mol. The lowest BCUT2D eigenvalue weighted by Crippen LogP contribution is -2.05. The highest BCUT2D eigenvalue weighted by molar-refractivity contribution is 7.71. The van der Waals surface area contributed by atoms with Gasteiger partial charge in [0.25, 0.3) is 0 Å². The molecule has 1 aromatic carbocycles. The van der Waals surface area contributed by atoms with Crippen molar-refractivity contribution < 1.29 is 4.39 Å². The Kier molecular flexibility index (Phi) is 3.85.